The van der Waals surface area contributed by atoms with Gasteiger partial charge in [-0.2, -0.15) is 10.2 Å². The van der Waals surface area contributed by atoms with Crippen molar-refractivity contribution in [2.75, 3.05) is 4.72 Å². The normalized spacial score (nSPS) is 11.7. The van der Waals surface area contributed by atoms with Gasteiger partial charge in [0.2, 0.25) is 0 Å². The Kier molecular flexibility index (Phi) is 3.12. The number of rotatable bonds is 4. The lowest BCUT2D eigenvalue weighted by Gasteiger charge is -2.05. The zero-order chi connectivity index (χ0) is 13.3. The molecule has 0 spiro atoms. The summed E-state index contributed by atoms with van der Waals surface area (Å²) in [5, 5.41) is 8.00. The van der Waals surface area contributed by atoms with E-state index in [0.29, 0.717) is 18.1 Å². The predicted octanol–water partition coefficient (Wildman–Crippen LogP) is 0.746. The molecule has 0 aromatic carbocycles. The summed E-state index contributed by atoms with van der Waals surface area (Å²) >= 11 is 0. The molecule has 7 nitrogen and oxygen atoms in total. The third-order valence-corrected chi connectivity index (χ3v) is 4.06. The third-order valence-electron chi connectivity index (χ3n) is 2.60. The van der Waals surface area contributed by atoms with Crippen LogP contribution in [-0.4, -0.2) is 28.0 Å². The fourth-order valence-electron chi connectivity index (χ4n) is 1.67. The van der Waals surface area contributed by atoms with Crippen molar-refractivity contribution in [1.29, 1.82) is 0 Å². The van der Waals surface area contributed by atoms with E-state index in [0.717, 1.165) is 0 Å². The van der Waals surface area contributed by atoms with Crippen molar-refractivity contribution >= 4 is 15.8 Å². The minimum absolute atomic E-state index is 0.176. The Morgan fingerprint density at radius 1 is 1.44 bits per heavy atom. The largest absolute Gasteiger partial charge is 0.274 e. The Balaban J connectivity index is 2.33. The first-order valence-corrected chi connectivity index (χ1v) is 6.97. The van der Waals surface area contributed by atoms with Crippen LogP contribution in [0.25, 0.3) is 0 Å². The van der Waals surface area contributed by atoms with Crippen LogP contribution in [0.1, 0.15) is 12.6 Å². The summed E-state index contributed by atoms with van der Waals surface area (Å²) in [5.41, 5.74) is 0.612. The predicted molar refractivity (Wildman–Crippen MR) is 66.7 cm³/mol. The van der Waals surface area contributed by atoms with Gasteiger partial charge in [0.25, 0.3) is 10.0 Å². The fraction of sp³-hybridized carbons (Fsp3) is 0.400. The molecule has 0 saturated heterocycles. The Hall–Kier alpha value is -1.83. The number of sulfonamides is 1. The summed E-state index contributed by atoms with van der Waals surface area (Å²) in [4.78, 5) is 0.176. The molecule has 0 amide bonds. The third kappa shape index (κ3) is 2.23. The van der Waals surface area contributed by atoms with Gasteiger partial charge < -0.3 is 0 Å². The van der Waals surface area contributed by atoms with Gasteiger partial charge in [-0.1, -0.05) is 0 Å². The Bertz CT molecular complexity index is 656. The second kappa shape index (κ2) is 4.45. The molecule has 98 valence electrons. The number of anilines is 1. The number of nitrogens with one attached hydrogen (secondary N) is 1. The number of hydrogen-bond donors (Lipinski definition) is 1. The molecule has 8 heteroatoms. The van der Waals surface area contributed by atoms with Crippen molar-refractivity contribution in [2.45, 2.75) is 25.3 Å². The van der Waals surface area contributed by atoms with E-state index in [4.69, 9.17) is 0 Å². The van der Waals surface area contributed by atoms with Gasteiger partial charge in [0.1, 0.15) is 4.90 Å². The van der Waals surface area contributed by atoms with Crippen LogP contribution in [0.15, 0.2) is 23.4 Å². The standard InChI is InChI=1S/C10H15N5O2S/c1-4-15-8(2)9(7-11-15)18(16,17)13-10-5-6-14(3)12-10/h5-7H,4H2,1-3H3,(H,12,13). The zero-order valence-corrected chi connectivity index (χ0v) is 11.3. The number of aromatic nitrogens is 4. The van der Waals surface area contributed by atoms with E-state index < -0.39 is 10.0 Å². The quantitative estimate of drug-likeness (QED) is 0.887. The number of aryl methyl sites for hydroxylation is 2. The minimum atomic E-state index is -3.63. The molecule has 2 rings (SSSR count). The highest BCUT2D eigenvalue weighted by atomic mass is 32.2. The summed E-state index contributed by atoms with van der Waals surface area (Å²) in [6, 6.07) is 1.59. The Morgan fingerprint density at radius 2 is 2.17 bits per heavy atom. The van der Waals surface area contributed by atoms with Crippen molar-refractivity contribution in [3.8, 4) is 0 Å². The average molecular weight is 269 g/mol. The van der Waals surface area contributed by atoms with E-state index in [1.54, 1.807) is 30.9 Å². The summed E-state index contributed by atoms with van der Waals surface area (Å²) in [6.07, 6.45) is 3.02. The molecule has 0 radical (unpaired) electrons. The van der Waals surface area contributed by atoms with Crippen molar-refractivity contribution < 1.29 is 8.42 Å². The van der Waals surface area contributed by atoms with Crippen LogP contribution in [0.4, 0.5) is 5.82 Å². The molecule has 0 unspecified atom stereocenters. The Morgan fingerprint density at radius 3 is 2.67 bits per heavy atom. The smallest absolute Gasteiger partial charge is 0.266 e. The van der Waals surface area contributed by atoms with Gasteiger partial charge in [0.05, 0.1) is 11.9 Å². The Labute approximate surface area is 105 Å². The fourth-order valence-corrected chi connectivity index (χ4v) is 2.85. The molecular formula is C10H15N5O2S. The molecule has 0 atom stereocenters. The van der Waals surface area contributed by atoms with Gasteiger partial charge >= 0.3 is 0 Å². The van der Waals surface area contributed by atoms with Gasteiger partial charge in [0, 0.05) is 25.9 Å². The minimum Gasteiger partial charge on any atom is -0.274 e. The van der Waals surface area contributed by atoms with Crippen LogP contribution in [0.2, 0.25) is 0 Å². The first-order chi connectivity index (χ1) is 8.44. The molecule has 1 N–H and O–H groups in total. The van der Waals surface area contributed by atoms with Crippen LogP contribution < -0.4 is 4.72 Å². The lowest BCUT2D eigenvalue weighted by atomic mass is 10.5. The van der Waals surface area contributed by atoms with E-state index in [2.05, 4.69) is 14.9 Å². The highest BCUT2D eigenvalue weighted by Crippen LogP contribution is 2.17. The molecule has 0 aliphatic rings. The second-order valence-electron chi connectivity index (χ2n) is 3.89. The lowest BCUT2D eigenvalue weighted by molar-refractivity contribution is 0.598. The molecule has 0 saturated carbocycles. The maximum Gasteiger partial charge on any atom is 0.266 e. The SMILES string of the molecule is CCn1ncc(S(=O)(=O)Nc2ccn(C)n2)c1C. The van der Waals surface area contributed by atoms with Crippen LogP contribution in [0, 0.1) is 6.92 Å². The topological polar surface area (TPSA) is 81.8 Å². The van der Waals surface area contributed by atoms with Crippen molar-refractivity contribution in [3.05, 3.63) is 24.2 Å². The molecule has 0 aliphatic heterocycles. The summed E-state index contributed by atoms with van der Waals surface area (Å²) < 4.78 is 29.9. The van der Waals surface area contributed by atoms with Gasteiger partial charge in [-0.3, -0.25) is 14.1 Å². The van der Waals surface area contributed by atoms with Crippen LogP contribution in [0.3, 0.4) is 0 Å². The molecule has 0 bridgehead atoms. The molecule has 2 aromatic heterocycles. The highest BCUT2D eigenvalue weighted by molar-refractivity contribution is 7.92. The van der Waals surface area contributed by atoms with Gasteiger partial charge in [-0.15, -0.1) is 0 Å². The van der Waals surface area contributed by atoms with Crippen molar-refractivity contribution in [3.63, 3.8) is 0 Å². The van der Waals surface area contributed by atoms with Crippen LogP contribution >= 0.6 is 0 Å². The lowest BCUT2D eigenvalue weighted by Crippen LogP contribution is -2.14. The van der Waals surface area contributed by atoms with E-state index in [1.165, 1.54) is 10.9 Å². The first-order valence-electron chi connectivity index (χ1n) is 5.49. The number of hydrogen-bond acceptors (Lipinski definition) is 4. The summed E-state index contributed by atoms with van der Waals surface area (Å²) in [6.45, 7) is 4.26. The van der Waals surface area contributed by atoms with E-state index in [9.17, 15) is 8.42 Å². The molecule has 0 aliphatic carbocycles. The van der Waals surface area contributed by atoms with Crippen LogP contribution in [-0.2, 0) is 23.6 Å². The molecule has 18 heavy (non-hydrogen) atoms. The van der Waals surface area contributed by atoms with Gasteiger partial charge in [-0.05, 0) is 13.8 Å². The maximum atomic E-state index is 12.1. The molecule has 2 heterocycles. The molecule has 0 fully saturated rings. The zero-order valence-electron chi connectivity index (χ0n) is 10.5. The second-order valence-corrected chi connectivity index (χ2v) is 5.54. The van der Waals surface area contributed by atoms with Crippen molar-refractivity contribution in [1.82, 2.24) is 19.6 Å². The maximum absolute atomic E-state index is 12.1. The number of nitrogens with zero attached hydrogens (tertiary/aromatic N) is 4. The average Bonchev–Trinajstić information content (AvgIpc) is 2.84. The van der Waals surface area contributed by atoms with E-state index >= 15 is 0 Å². The van der Waals surface area contributed by atoms with E-state index in [1.807, 2.05) is 6.92 Å². The molecule has 2 aromatic rings. The van der Waals surface area contributed by atoms with Crippen molar-refractivity contribution in [2.24, 2.45) is 7.05 Å². The summed E-state index contributed by atoms with van der Waals surface area (Å²) in [7, 11) is -1.91. The van der Waals surface area contributed by atoms with Crippen LogP contribution in [0.5, 0.6) is 0 Å². The monoisotopic (exact) mass is 269 g/mol. The van der Waals surface area contributed by atoms with Gasteiger partial charge in [-0.25, -0.2) is 8.42 Å². The molecular weight excluding hydrogens is 254 g/mol. The van der Waals surface area contributed by atoms with E-state index in [-0.39, 0.29) is 4.90 Å². The summed E-state index contributed by atoms with van der Waals surface area (Å²) in [5.74, 6) is 0.293. The highest BCUT2D eigenvalue weighted by Gasteiger charge is 2.21. The van der Waals surface area contributed by atoms with Gasteiger partial charge in [0.15, 0.2) is 5.82 Å². The first kappa shape index (κ1) is 12.6.